The molecule has 1 atom stereocenters. The molecule has 4 nitrogen and oxygen atoms in total. The molecule has 1 saturated carbocycles. The molecule has 1 aromatic rings. The molecule has 2 rings (SSSR count). The van der Waals surface area contributed by atoms with Gasteiger partial charge in [0.15, 0.2) is 0 Å². The zero-order valence-electron chi connectivity index (χ0n) is 12.8. The Hall–Kier alpha value is -1.04. The highest BCUT2D eigenvalue weighted by Gasteiger charge is 2.23. The Bertz CT molecular complexity index is 406. The molecule has 1 fully saturated rings. The van der Waals surface area contributed by atoms with Crippen molar-refractivity contribution >= 4 is 0 Å². The maximum Gasteiger partial charge on any atom is 0.141 e. The molecule has 0 aromatic carbocycles. The molecule has 0 aliphatic heterocycles. The summed E-state index contributed by atoms with van der Waals surface area (Å²) in [6, 6.07) is 3.92. The predicted molar refractivity (Wildman–Crippen MR) is 81.5 cm³/mol. The summed E-state index contributed by atoms with van der Waals surface area (Å²) >= 11 is 0. The van der Waals surface area contributed by atoms with Gasteiger partial charge in [-0.05, 0) is 38.4 Å². The lowest BCUT2D eigenvalue weighted by Gasteiger charge is -2.29. The summed E-state index contributed by atoms with van der Waals surface area (Å²) in [6.07, 6.45) is 7.23. The normalized spacial score (nSPS) is 17.5. The lowest BCUT2D eigenvalue weighted by Crippen LogP contribution is -2.38. The van der Waals surface area contributed by atoms with Crippen LogP contribution in [0.25, 0.3) is 0 Å². The molecule has 0 amide bonds. The van der Waals surface area contributed by atoms with Crippen LogP contribution >= 0.6 is 0 Å². The number of nitrogens with zero attached hydrogens (tertiary/aromatic N) is 2. The van der Waals surface area contributed by atoms with Crippen LogP contribution in [-0.4, -0.2) is 47.8 Å². The number of aliphatic hydroxyl groups is 1. The lowest BCUT2D eigenvalue weighted by molar-refractivity contribution is 0.146. The van der Waals surface area contributed by atoms with Gasteiger partial charge in [0.2, 0.25) is 0 Å². The minimum Gasteiger partial charge on any atom is -0.395 e. The first-order chi connectivity index (χ1) is 10.2. The minimum absolute atomic E-state index is 0.119. The van der Waals surface area contributed by atoms with Gasteiger partial charge in [-0.3, -0.25) is 9.88 Å². The van der Waals surface area contributed by atoms with Crippen LogP contribution < -0.4 is 5.32 Å². The van der Waals surface area contributed by atoms with Crippen molar-refractivity contribution in [3.63, 3.8) is 0 Å². The van der Waals surface area contributed by atoms with Gasteiger partial charge in [0, 0.05) is 19.1 Å². The van der Waals surface area contributed by atoms with E-state index in [1.54, 1.807) is 6.07 Å². The summed E-state index contributed by atoms with van der Waals surface area (Å²) in [5.41, 5.74) is 0.870. The van der Waals surface area contributed by atoms with Gasteiger partial charge in [0.1, 0.15) is 5.82 Å². The smallest absolute Gasteiger partial charge is 0.141 e. The van der Waals surface area contributed by atoms with Crippen molar-refractivity contribution in [1.82, 2.24) is 15.2 Å². The molecule has 1 unspecified atom stereocenters. The van der Waals surface area contributed by atoms with Crippen LogP contribution in [0.3, 0.4) is 0 Å². The van der Waals surface area contributed by atoms with Crippen LogP contribution in [0.5, 0.6) is 0 Å². The second kappa shape index (κ2) is 8.41. The molecule has 0 radical (unpaired) electrons. The van der Waals surface area contributed by atoms with E-state index in [1.165, 1.54) is 37.9 Å². The largest absolute Gasteiger partial charge is 0.395 e. The molecule has 118 valence electrons. The number of hydrogen-bond acceptors (Lipinski definition) is 4. The zero-order valence-corrected chi connectivity index (χ0v) is 12.8. The monoisotopic (exact) mass is 295 g/mol. The van der Waals surface area contributed by atoms with E-state index >= 15 is 0 Å². The number of hydrogen-bond donors (Lipinski definition) is 2. The van der Waals surface area contributed by atoms with Gasteiger partial charge >= 0.3 is 0 Å². The molecule has 5 heteroatoms. The van der Waals surface area contributed by atoms with Gasteiger partial charge in [-0.15, -0.1) is 0 Å². The Labute approximate surface area is 126 Å². The fraction of sp³-hybridized carbons (Fsp3) is 0.688. The van der Waals surface area contributed by atoms with Crippen molar-refractivity contribution in [2.24, 2.45) is 0 Å². The van der Waals surface area contributed by atoms with Crippen LogP contribution in [0.15, 0.2) is 18.3 Å². The number of rotatable bonds is 8. The van der Waals surface area contributed by atoms with E-state index in [1.807, 2.05) is 7.05 Å². The topological polar surface area (TPSA) is 48.4 Å². The van der Waals surface area contributed by atoms with Crippen LogP contribution in [-0.2, 0) is 0 Å². The molecule has 1 aliphatic carbocycles. The van der Waals surface area contributed by atoms with Crippen LogP contribution in [0.4, 0.5) is 4.39 Å². The highest BCUT2D eigenvalue weighted by atomic mass is 19.1. The first kappa shape index (κ1) is 16.3. The molecule has 1 aliphatic rings. The molecule has 0 bridgehead atoms. The van der Waals surface area contributed by atoms with E-state index in [2.05, 4.69) is 15.2 Å². The zero-order chi connectivity index (χ0) is 15.1. The Kier molecular flexibility index (Phi) is 6.54. The average molecular weight is 295 g/mol. The van der Waals surface area contributed by atoms with E-state index in [0.717, 1.165) is 25.2 Å². The molecular weight excluding hydrogens is 269 g/mol. The first-order valence-electron chi connectivity index (χ1n) is 7.88. The number of halogens is 1. The third kappa shape index (κ3) is 4.73. The summed E-state index contributed by atoms with van der Waals surface area (Å²) in [7, 11) is 1.90. The number of aliphatic hydroxyl groups excluding tert-OH is 1. The maximum atomic E-state index is 13.0. The SMILES string of the molecule is CNC(CCN(CCO)C1CCCC1)c1ccc(F)cn1. The second-order valence-electron chi connectivity index (χ2n) is 5.73. The van der Waals surface area contributed by atoms with Gasteiger partial charge in [0.05, 0.1) is 24.5 Å². The van der Waals surface area contributed by atoms with Gasteiger partial charge in [0.25, 0.3) is 0 Å². The van der Waals surface area contributed by atoms with E-state index in [9.17, 15) is 9.50 Å². The van der Waals surface area contributed by atoms with Crippen molar-refractivity contribution in [1.29, 1.82) is 0 Å². The molecule has 2 N–H and O–H groups in total. The van der Waals surface area contributed by atoms with Gasteiger partial charge in [-0.25, -0.2) is 4.39 Å². The van der Waals surface area contributed by atoms with Crippen LogP contribution in [0, 0.1) is 5.82 Å². The molecular formula is C16H26FN3O. The number of aromatic nitrogens is 1. The van der Waals surface area contributed by atoms with Gasteiger partial charge in [-0.1, -0.05) is 12.8 Å². The highest BCUT2D eigenvalue weighted by molar-refractivity contribution is 5.09. The number of pyridine rings is 1. The summed E-state index contributed by atoms with van der Waals surface area (Å²) < 4.78 is 13.0. The minimum atomic E-state index is -0.304. The second-order valence-corrected chi connectivity index (χ2v) is 5.73. The Morgan fingerprint density at radius 3 is 2.71 bits per heavy atom. The third-order valence-electron chi connectivity index (χ3n) is 4.39. The highest BCUT2D eigenvalue weighted by Crippen LogP contribution is 2.24. The quantitative estimate of drug-likeness (QED) is 0.771. The van der Waals surface area contributed by atoms with Crippen molar-refractivity contribution < 1.29 is 9.50 Å². The fourth-order valence-corrected chi connectivity index (χ4v) is 3.20. The summed E-state index contributed by atoms with van der Waals surface area (Å²) in [6.45, 7) is 1.86. The van der Waals surface area contributed by atoms with Crippen molar-refractivity contribution in [2.45, 2.75) is 44.2 Å². The molecule has 21 heavy (non-hydrogen) atoms. The Morgan fingerprint density at radius 1 is 1.38 bits per heavy atom. The van der Waals surface area contributed by atoms with E-state index < -0.39 is 0 Å². The molecule has 1 aromatic heterocycles. The number of nitrogens with one attached hydrogen (secondary N) is 1. The molecule has 0 spiro atoms. The first-order valence-corrected chi connectivity index (χ1v) is 7.88. The van der Waals surface area contributed by atoms with E-state index in [-0.39, 0.29) is 18.5 Å². The summed E-state index contributed by atoms with van der Waals surface area (Å²) in [5.74, 6) is -0.304. The van der Waals surface area contributed by atoms with Crippen molar-refractivity contribution in [3.8, 4) is 0 Å². The van der Waals surface area contributed by atoms with E-state index in [4.69, 9.17) is 0 Å². The third-order valence-corrected chi connectivity index (χ3v) is 4.39. The van der Waals surface area contributed by atoms with Crippen molar-refractivity contribution in [3.05, 3.63) is 29.8 Å². The Balaban J connectivity index is 1.92. The van der Waals surface area contributed by atoms with Crippen molar-refractivity contribution in [2.75, 3.05) is 26.7 Å². The average Bonchev–Trinajstić information content (AvgIpc) is 3.02. The van der Waals surface area contributed by atoms with E-state index in [0.29, 0.717) is 6.04 Å². The molecule has 1 heterocycles. The van der Waals surface area contributed by atoms with Gasteiger partial charge < -0.3 is 10.4 Å². The van der Waals surface area contributed by atoms with Gasteiger partial charge in [-0.2, -0.15) is 0 Å². The van der Waals surface area contributed by atoms with Crippen LogP contribution in [0.2, 0.25) is 0 Å². The van der Waals surface area contributed by atoms with Crippen LogP contribution in [0.1, 0.15) is 43.8 Å². The summed E-state index contributed by atoms with van der Waals surface area (Å²) in [4.78, 5) is 6.56. The predicted octanol–water partition coefficient (Wildman–Crippen LogP) is 2.11. The maximum absolute atomic E-state index is 13.0. The standard InChI is InChI=1S/C16H26FN3O/c1-18-15(16-7-6-13(17)12-19-16)8-9-20(10-11-21)14-4-2-3-5-14/h6-7,12,14-15,18,21H,2-5,8-11H2,1H3. The Morgan fingerprint density at radius 2 is 2.14 bits per heavy atom. The summed E-state index contributed by atoms with van der Waals surface area (Å²) in [5, 5.41) is 12.5. The molecule has 0 saturated heterocycles. The fourth-order valence-electron chi connectivity index (χ4n) is 3.20. The lowest BCUT2D eigenvalue weighted by atomic mass is 10.1.